The van der Waals surface area contributed by atoms with Gasteiger partial charge in [-0.05, 0) is 45.8 Å². The van der Waals surface area contributed by atoms with Crippen molar-refractivity contribution in [2.75, 3.05) is 4.90 Å². The van der Waals surface area contributed by atoms with Crippen LogP contribution in [0.1, 0.15) is 17.2 Å². The average molecular weight is 480 g/mol. The molecule has 9 heteroatoms. The number of pyridine rings is 1. The minimum Gasteiger partial charge on any atom is -0.507 e. The van der Waals surface area contributed by atoms with Gasteiger partial charge < -0.3 is 5.11 Å². The molecule has 1 saturated heterocycles. The van der Waals surface area contributed by atoms with Crippen molar-refractivity contribution in [3.05, 3.63) is 104 Å². The second-order valence-corrected chi connectivity index (χ2v) is 7.63. The van der Waals surface area contributed by atoms with E-state index < -0.39 is 22.7 Å². The van der Waals surface area contributed by atoms with Crippen molar-refractivity contribution < 1.29 is 19.6 Å². The number of carbonyl (C=O) groups excluding carboxylic acids is 2. The summed E-state index contributed by atoms with van der Waals surface area (Å²) in [6.07, 6.45) is 1.48. The van der Waals surface area contributed by atoms with Gasteiger partial charge in [0, 0.05) is 28.4 Å². The molecule has 2 aromatic carbocycles. The molecule has 0 aliphatic carbocycles. The lowest BCUT2D eigenvalue weighted by molar-refractivity contribution is -0.384. The summed E-state index contributed by atoms with van der Waals surface area (Å²) in [5.74, 6) is -1.84. The predicted molar refractivity (Wildman–Crippen MR) is 116 cm³/mol. The number of nitrogens with zero attached hydrogens (tertiary/aromatic N) is 3. The zero-order valence-corrected chi connectivity index (χ0v) is 17.4. The predicted octanol–water partition coefficient (Wildman–Crippen LogP) is 4.38. The van der Waals surface area contributed by atoms with E-state index >= 15 is 0 Å². The Labute approximate surface area is 184 Å². The Morgan fingerprint density at radius 1 is 1.03 bits per heavy atom. The van der Waals surface area contributed by atoms with Gasteiger partial charge in [-0.2, -0.15) is 0 Å². The lowest BCUT2D eigenvalue weighted by atomic mass is 9.95. The number of rotatable bonds is 4. The molecule has 8 nitrogen and oxygen atoms in total. The van der Waals surface area contributed by atoms with Gasteiger partial charge in [0.1, 0.15) is 11.6 Å². The Balaban J connectivity index is 1.93. The zero-order chi connectivity index (χ0) is 22.1. The van der Waals surface area contributed by atoms with Crippen LogP contribution in [0.3, 0.4) is 0 Å². The number of hydrogen-bond donors (Lipinski definition) is 1. The van der Waals surface area contributed by atoms with Gasteiger partial charge in [-0.15, -0.1) is 0 Å². The van der Waals surface area contributed by atoms with Gasteiger partial charge in [0.05, 0.1) is 16.5 Å². The lowest BCUT2D eigenvalue weighted by Crippen LogP contribution is -2.30. The fourth-order valence-electron chi connectivity index (χ4n) is 3.42. The number of hydrogen-bond acceptors (Lipinski definition) is 6. The Hall–Kier alpha value is -3.85. The van der Waals surface area contributed by atoms with Gasteiger partial charge in [-0.25, -0.2) is 4.98 Å². The number of halogens is 1. The van der Waals surface area contributed by atoms with Crippen LogP contribution in [0.25, 0.3) is 5.76 Å². The molecule has 1 aromatic heterocycles. The third-order valence-electron chi connectivity index (χ3n) is 4.87. The van der Waals surface area contributed by atoms with E-state index in [9.17, 15) is 24.8 Å². The van der Waals surface area contributed by atoms with Crippen molar-refractivity contribution in [1.29, 1.82) is 0 Å². The van der Waals surface area contributed by atoms with Crippen LogP contribution in [0, 0.1) is 10.1 Å². The van der Waals surface area contributed by atoms with Crippen LogP contribution in [-0.4, -0.2) is 26.7 Å². The van der Waals surface area contributed by atoms with Crippen LogP contribution >= 0.6 is 15.9 Å². The van der Waals surface area contributed by atoms with E-state index in [1.165, 1.54) is 35.4 Å². The first-order valence-electron chi connectivity index (χ1n) is 9.11. The molecule has 1 fully saturated rings. The number of anilines is 1. The number of carbonyl (C=O) groups is 2. The Morgan fingerprint density at radius 3 is 2.29 bits per heavy atom. The molecule has 0 radical (unpaired) electrons. The van der Waals surface area contributed by atoms with E-state index in [4.69, 9.17) is 0 Å². The molecule has 1 amide bonds. The molecule has 31 heavy (non-hydrogen) atoms. The summed E-state index contributed by atoms with van der Waals surface area (Å²) < 4.78 is 0.684. The van der Waals surface area contributed by atoms with Crippen LogP contribution in [0.4, 0.5) is 11.5 Å². The molecule has 1 aliphatic rings. The van der Waals surface area contributed by atoms with E-state index in [1.54, 1.807) is 42.5 Å². The van der Waals surface area contributed by atoms with Crippen molar-refractivity contribution in [3.63, 3.8) is 0 Å². The number of aliphatic hydroxyl groups is 1. The number of non-ortho nitro benzene ring substituents is 1. The fraction of sp³-hybridized carbons (Fsp3) is 0.0455. The molecule has 4 rings (SSSR count). The third kappa shape index (κ3) is 3.71. The van der Waals surface area contributed by atoms with Gasteiger partial charge in [0.15, 0.2) is 0 Å². The molecular weight excluding hydrogens is 466 g/mol. The van der Waals surface area contributed by atoms with Crippen LogP contribution < -0.4 is 4.90 Å². The van der Waals surface area contributed by atoms with Gasteiger partial charge in [-0.3, -0.25) is 24.6 Å². The SMILES string of the molecule is O=C1C(=O)N(c2ccc(Br)cn2)C(c2ccc([N+](=O)[O-])cc2)C1=C(O)c1ccccc1. The Bertz CT molecular complexity index is 1210. The highest BCUT2D eigenvalue weighted by atomic mass is 79.9. The molecule has 1 N–H and O–H groups in total. The first-order chi connectivity index (χ1) is 14.9. The summed E-state index contributed by atoms with van der Waals surface area (Å²) >= 11 is 3.28. The summed E-state index contributed by atoms with van der Waals surface area (Å²) in [4.78, 5) is 41.8. The number of aliphatic hydroxyl groups excluding tert-OH is 1. The van der Waals surface area contributed by atoms with Gasteiger partial charge in [0.2, 0.25) is 0 Å². The number of nitro benzene ring substituents is 1. The summed E-state index contributed by atoms with van der Waals surface area (Å²) in [6.45, 7) is 0. The van der Waals surface area contributed by atoms with E-state index in [2.05, 4.69) is 20.9 Å². The minimum atomic E-state index is -1.00. The molecule has 1 unspecified atom stereocenters. The van der Waals surface area contributed by atoms with E-state index in [-0.39, 0.29) is 22.8 Å². The monoisotopic (exact) mass is 479 g/mol. The Kier molecular flexibility index (Phi) is 5.35. The van der Waals surface area contributed by atoms with Gasteiger partial charge >= 0.3 is 5.91 Å². The smallest absolute Gasteiger partial charge is 0.301 e. The second-order valence-electron chi connectivity index (χ2n) is 6.72. The van der Waals surface area contributed by atoms with Gasteiger partial charge in [0.25, 0.3) is 11.5 Å². The third-order valence-corrected chi connectivity index (χ3v) is 5.34. The van der Waals surface area contributed by atoms with Crippen molar-refractivity contribution in [1.82, 2.24) is 4.98 Å². The van der Waals surface area contributed by atoms with E-state index in [1.807, 2.05) is 0 Å². The number of benzene rings is 2. The normalized spacial score (nSPS) is 17.7. The highest BCUT2D eigenvalue weighted by Crippen LogP contribution is 2.41. The topological polar surface area (TPSA) is 114 Å². The average Bonchev–Trinajstić information content (AvgIpc) is 3.05. The quantitative estimate of drug-likeness (QED) is 0.195. The molecule has 1 aliphatic heterocycles. The number of aromatic nitrogens is 1. The van der Waals surface area contributed by atoms with Crippen LogP contribution in [0.15, 0.2) is 83.0 Å². The number of amides is 1. The summed E-state index contributed by atoms with van der Waals surface area (Å²) in [6, 6.07) is 16.1. The minimum absolute atomic E-state index is 0.116. The standard InChI is InChI=1S/C22H14BrN3O5/c23-15-8-11-17(24-12-15)25-19(13-6-9-16(10-7-13)26(30)31)18(21(28)22(25)29)20(27)14-4-2-1-3-5-14/h1-12,19,27H. The molecule has 0 bridgehead atoms. The molecule has 0 spiro atoms. The highest BCUT2D eigenvalue weighted by molar-refractivity contribution is 9.10. The van der Waals surface area contributed by atoms with E-state index in [0.29, 0.717) is 15.6 Å². The molecule has 1 atom stereocenters. The summed E-state index contributed by atoms with van der Waals surface area (Å²) in [5, 5.41) is 22.0. The maximum absolute atomic E-state index is 13.0. The number of nitro groups is 1. The van der Waals surface area contributed by atoms with Crippen LogP contribution in [0.2, 0.25) is 0 Å². The Morgan fingerprint density at radius 2 is 1.71 bits per heavy atom. The summed E-state index contributed by atoms with van der Waals surface area (Å²) in [7, 11) is 0. The number of Topliss-reactive ketones (excluding diaryl/α,β-unsaturated/α-hetero) is 1. The first kappa shape index (κ1) is 20.4. The fourth-order valence-corrected chi connectivity index (χ4v) is 3.66. The zero-order valence-electron chi connectivity index (χ0n) is 15.8. The van der Waals surface area contributed by atoms with Crippen molar-refractivity contribution in [3.8, 4) is 0 Å². The van der Waals surface area contributed by atoms with Crippen molar-refractivity contribution >= 4 is 44.9 Å². The lowest BCUT2D eigenvalue weighted by Gasteiger charge is -2.24. The molecule has 2 heterocycles. The highest BCUT2D eigenvalue weighted by Gasteiger charge is 2.47. The molecule has 0 saturated carbocycles. The molecule has 3 aromatic rings. The van der Waals surface area contributed by atoms with Gasteiger partial charge in [-0.1, -0.05) is 30.3 Å². The first-order valence-corrected chi connectivity index (χ1v) is 9.90. The maximum atomic E-state index is 13.0. The molecule has 154 valence electrons. The van der Waals surface area contributed by atoms with Crippen LogP contribution in [-0.2, 0) is 9.59 Å². The van der Waals surface area contributed by atoms with Crippen molar-refractivity contribution in [2.24, 2.45) is 0 Å². The van der Waals surface area contributed by atoms with E-state index in [0.717, 1.165) is 0 Å². The summed E-state index contributed by atoms with van der Waals surface area (Å²) in [5.41, 5.74) is 0.545. The van der Waals surface area contributed by atoms with Crippen LogP contribution in [0.5, 0.6) is 0 Å². The maximum Gasteiger partial charge on any atom is 0.301 e. The van der Waals surface area contributed by atoms with Crippen molar-refractivity contribution in [2.45, 2.75) is 6.04 Å². The second kappa shape index (κ2) is 8.11. The largest absolute Gasteiger partial charge is 0.507 e. The molecular formula is C22H14BrN3O5. The number of ketones is 1.